The molecule has 1 aliphatic carbocycles. The zero-order valence-electron chi connectivity index (χ0n) is 9.85. The number of hydrogen-bond donors (Lipinski definition) is 1. The van der Waals surface area contributed by atoms with Crippen molar-refractivity contribution in [1.29, 1.82) is 0 Å². The van der Waals surface area contributed by atoms with Gasteiger partial charge in [-0.25, -0.2) is 9.97 Å². The van der Waals surface area contributed by atoms with Crippen LogP contribution in [0.3, 0.4) is 0 Å². The molecule has 0 bridgehead atoms. The van der Waals surface area contributed by atoms with Gasteiger partial charge in [0.25, 0.3) is 0 Å². The zero-order valence-corrected chi connectivity index (χ0v) is 9.85. The van der Waals surface area contributed by atoms with Crippen LogP contribution in [0.1, 0.15) is 29.8 Å². The summed E-state index contributed by atoms with van der Waals surface area (Å²) < 4.78 is 2.06. The number of anilines is 1. The van der Waals surface area contributed by atoms with Gasteiger partial charge in [0.05, 0.1) is 5.69 Å². The van der Waals surface area contributed by atoms with Crippen molar-refractivity contribution in [3.63, 3.8) is 0 Å². The maximum Gasteiger partial charge on any atom is 0.221 e. The van der Waals surface area contributed by atoms with E-state index in [1.807, 2.05) is 13.3 Å². The van der Waals surface area contributed by atoms with Crippen molar-refractivity contribution in [3.8, 4) is 5.82 Å². The van der Waals surface area contributed by atoms with Crippen LogP contribution in [0.2, 0.25) is 0 Å². The number of nitrogens with two attached hydrogens (primary N) is 1. The number of nitrogens with zero attached hydrogens (tertiary/aromatic N) is 4. The summed E-state index contributed by atoms with van der Waals surface area (Å²) in [6.07, 6.45) is 8.20. The molecule has 0 unspecified atom stereocenters. The van der Waals surface area contributed by atoms with Crippen LogP contribution in [0.5, 0.6) is 0 Å². The maximum atomic E-state index is 5.65. The quantitative estimate of drug-likeness (QED) is 0.803. The molecule has 0 atom stereocenters. The van der Waals surface area contributed by atoms with Gasteiger partial charge in [-0.1, -0.05) is 0 Å². The van der Waals surface area contributed by atoms with E-state index in [1.54, 1.807) is 6.20 Å². The summed E-state index contributed by atoms with van der Waals surface area (Å²) in [6, 6.07) is 0. The molecule has 0 radical (unpaired) electrons. The molecule has 0 aliphatic heterocycles. The number of hydrogen-bond acceptors (Lipinski definition) is 4. The highest BCUT2D eigenvalue weighted by atomic mass is 15.2. The molecular weight excluding hydrogens is 214 g/mol. The lowest BCUT2D eigenvalue weighted by atomic mass is 10.0. The molecule has 0 saturated carbocycles. The third-order valence-corrected chi connectivity index (χ3v) is 3.22. The minimum atomic E-state index is 0.309. The minimum absolute atomic E-state index is 0.309. The van der Waals surface area contributed by atoms with Crippen molar-refractivity contribution in [2.75, 3.05) is 5.73 Å². The van der Waals surface area contributed by atoms with Gasteiger partial charge in [-0.3, -0.25) is 4.57 Å². The number of aryl methyl sites for hydroxylation is 2. The smallest absolute Gasteiger partial charge is 0.221 e. The van der Waals surface area contributed by atoms with Gasteiger partial charge in [-0.05, 0) is 32.6 Å². The second-order valence-corrected chi connectivity index (χ2v) is 4.45. The Morgan fingerprint density at radius 3 is 2.94 bits per heavy atom. The first-order chi connectivity index (χ1) is 8.25. The Hall–Kier alpha value is -1.91. The summed E-state index contributed by atoms with van der Waals surface area (Å²) in [5.74, 6) is 1.16. The molecule has 0 amide bonds. The summed E-state index contributed by atoms with van der Waals surface area (Å²) in [5.41, 5.74) is 9.15. The minimum Gasteiger partial charge on any atom is -0.368 e. The highest BCUT2D eigenvalue weighted by Crippen LogP contribution is 2.23. The Kier molecular flexibility index (Phi) is 2.31. The molecule has 0 aromatic carbocycles. The molecule has 2 heterocycles. The van der Waals surface area contributed by atoms with E-state index >= 15 is 0 Å². The molecular formula is C12H15N5. The lowest BCUT2D eigenvalue weighted by Crippen LogP contribution is -2.10. The highest BCUT2D eigenvalue weighted by molar-refractivity contribution is 5.38. The maximum absolute atomic E-state index is 5.65. The van der Waals surface area contributed by atoms with Crippen LogP contribution >= 0.6 is 0 Å². The molecule has 5 heteroatoms. The molecule has 5 nitrogen and oxygen atoms in total. The number of imidazole rings is 1. The fourth-order valence-electron chi connectivity index (χ4n) is 2.34. The van der Waals surface area contributed by atoms with Crippen LogP contribution < -0.4 is 5.73 Å². The number of fused-ring (bicyclic) bond motifs is 1. The van der Waals surface area contributed by atoms with E-state index in [0.717, 1.165) is 24.2 Å². The van der Waals surface area contributed by atoms with Crippen molar-refractivity contribution in [1.82, 2.24) is 19.5 Å². The van der Waals surface area contributed by atoms with Gasteiger partial charge in [0.1, 0.15) is 12.1 Å². The lowest BCUT2D eigenvalue weighted by Gasteiger charge is -2.14. The Morgan fingerprint density at radius 1 is 1.24 bits per heavy atom. The first-order valence-corrected chi connectivity index (χ1v) is 5.90. The Morgan fingerprint density at radius 2 is 2.06 bits per heavy atom. The molecule has 0 spiro atoms. The lowest BCUT2D eigenvalue weighted by molar-refractivity contribution is 0.653. The van der Waals surface area contributed by atoms with E-state index in [1.165, 1.54) is 24.2 Å². The van der Waals surface area contributed by atoms with E-state index < -0.39 is 0 Å². The fourth-order valence-corrected chi connectivity index (χ4v) is 2.34. The van der Waals surface area contributed by atoms with E-state index in [2.05, 4.69) is 19.5 Å². The van der Waals surface area contributed by atoms with E-state index in [4.69, 9.17) is 5.73 Å². The normalized spacial score (nSPS) is 14.6. The van der Waals surface area contributed by atoms with E-state index in [-0.39, 0.29) is 0 Å². The van der Waals surface area contributed by atoms with Gasteiger partial charge in [-0.15, -0.1) is 0 Å². The average Bonchev–Trinajstić information content (AvgIpc) is 2.76. The average molecular weight is 229 g/mol. The predicted octanol–water partition coefficient (Wildman–Crippen LogP) is 1.43. The number of rotatable bonds is 1. The molecule has 0 saturated heterocycles. The highest BCUT2D eigenvalue weighted by Gasteiger charge is 2.17. The standard InChI is InChI=1S/C12H15N5/c1-8-6-14-12(13)16-11(8)17-7-15-9-4-2-3-5-10(9)17/h6-7H,2-5H2,1H3,(H2,13,14,16). The Bertz CT molecular complexity index is 558. The topological polar surface area (TPSA) is 69.6 Å². The molecule has 3 rings (SSSR count). The fraction of sp³-hybridized carbons (Fsp3) is 0.417. The van der Waals surface area contributed by atoms with Crippen LogP contribution in [-0.4, -0.2) is 19.5 Å². The molecule has 2 aromatic heterocycles. The van der Waals surface area contributed by atoms with Gasteiger partial charge < -0.3 is 5.73 Å². The predicted molar refractivity (Wildman–Crippen MR) is 64.9 cm³/mol. The zero-order chi connectivity index (χ0) is 11.8. The number of nitrogen functional groups attached to an aromatic ring is 1. The van der Waals surface area contributed by atoms with Crippen molar-refractivity contribution in [2.24, 2.45) is 0 Å². The van der Waals surface area contributed by atoms with Crippen LogP contribution in [0.4, 0.5) is 5.95 Å². The second kappa shape index (κ2) is 3.84. The van der Waals surface area contributed by atoms with Crippen LogP contribution in [0, 0.1) is 6.92 Å². The third-order valence-electron chi connectivity index (χ3n) is 3.22. The molecule has 88 valence electrons. The monoisotopic (exact) mass is 229 g/mol. The van der Waals surface area contributed by atoms with Gasteiger partial charge >= 0.3 is 0 Å². The largest absolute Gasteiger partial charge is 0.368 e. The van der Waals surface area contributed by atoms with E-state index in [9.17, 15) is 0 Å². The summed E-state index contributed by atoms with van der Waals surface area (Å²) in [4.78, 5) is 12.8. The number of aromatic nitrogens is 4. The SMILES string of the molecule is Cc1cnc(N)nc1-n1cnc2c1CCCC2. The van der Waals surface area contributed by atoms with Crippen molar-refractivity contribution in [3.05, 3.63) is 29.5 Å². The van der Waals surface area contributed by atoms with E-state index in [0.29, 0.717) is 5.95 Å². The summed E-state index contributed by atoms with van der Waals surface area (Å²) in [6.45, 7) is 1.99. The molecule has 17 heavy (non-hydrogen) atoms. The van der Waals surface area contributed by atoms with Gasteiger partial charge in [0, 0.05) is 17.5 Å². The first kappa shape index (κ1) is 10.3. The van der Waals surface area contributed by atoms with Crippen molar-refractivity contribution in [2.45, 2.75) is 32.6 Å². The van der Waals surface area contributed by atoms with Crippen LogP contribution in [0.15, 0.2) is 12.5 Å². The second-order valence-electron chi connectivity index (χ2n) is 4.45. The van der Waals surface area contributed by atoms with Crippen molar-refractivity contribution < 1.29 is 0 Å². The van der Waals surface area contributed by atoms with Crippen LogP contribution in [0.25, 0.3) is 5.82 Å². The van der Waals surface area contributed by atoms with Crippen molar-refractivity contribution >= 4 is 5.95 Å². The molecule has 0 fully saturated rings. The first-order valence-electron chi connectivity index (χ1n) is 5.90. The summed E-state index contributed by atoms with van der Waals surface area (Å²) in [5, 5.41) is 0. The third kappa shape index (κ3) is 1.67. The molecule has 2 aromatic rings. The molecule has 2 N–H and O–H groups in total. The van der Waals surface area contributed by atoms with Crippen LogP contribution in [-0.2, 0) is 12.8 Å². The van der Waals surface area contributed by atoms with Gasteiger partial charge in [0.15, 0.2) is 0 Å². The molecule has 1 aliphatic rings. The van der Waals surface area contributed by atoms with Gasteiger partial charge in [-0.2, -0.15) is 4.98 Å². The summed E-state index contributed by atoms with van der Waals surface area (Å²) in [7, 11) is 0. The Balaban J connectivity index is 2.15. The Labute approximate surface area is 99.7 Å². The van der Waals surface area contributed by atoms with Gasteiger partial charge in [0.2, 0.25) is 5.95 Å². The summed E-state index contributed by atoms with van der Waals surface area (Å²) >= 11 is 0.